The van der Waals surface area contributed by atoms with E-state index in [4.69, 9.17) is 5.84 Å². The van der Waals surface area contributed by atoms with E-state index in [2.05, 4.69) is 15.4 Å². The van der Waals surface area contributed by atoms with Crippen LogP contribution in [0, 0.1) is 0 Å². The summed E-state index contributed by atoms with van der Waals surface area (Å²) in [4.78, 5) is 8.92. The van der Waals surface area contributed by atoms with Crippen molar-refractivity contribution >= 4 is 5.82 Å². The molecule has 0 fully saturated rings. The van der Waals surface area contributed by atoms with Crippen LogP contribution in [0.3, 0.4) is 0 Å². The van der Waals surface area contributed by atoms with Crippen molar-refractivity contribution in [2.45, 2.75) is 0 Å². The van der Waals surface area contributed by atoms with E-state index in [9.17, 15) is 0 Å². The second-order valence-electron chi connectivity index (χ2n) is 4.33. The minimum Gasteiger partial charge on any atom is -0.308 e. The summed E-state index contributed by atoms with van der Waals surface area (Å²) in [6, 6.07) is 19.7. The van der Waals surface area contributed by atoms with E-state index in [0.717, 1.165) is 16.7 Å². The molecule has 0 spiro atoms. The average molecular weight is 262 g/mol. The number of hydrogen-bond donors (Lipinski definition) is 2. The SMILES string of the molecule is NNc1nc(-c2ccccc2)ncc1-c1ccccc1. The Labute approximate surface area is 117 Å². The standard InChI is InChI=1S/C16H14N4/c17-20-16-14(12-7-3-1-4-8-12)11-18-15(19-16)13-9-5-2-6-10-13/h1-11H,17H2,(H,18,19,20). The van der Waals surface area contributed by atoms with Crippen LogP contribution in [-0.2, 0) is 0 Å². The molecule has 0 aliphatic heterocycles. The topological polar surface area (TPSA) is 63.8 Å². The predicted molar refractivity (Wildman–Crippen MR) is 80.7 cm³/mol. The van der Waals surface area contributed by atoms with Crippen molar-refractivity contribution in [3.05, 3.63) is 66.9 Å². The van der Waals surface area contributed by atoms with Gasteiger partial charge in [-0.25, -0.2) is 15.8 Å². The van der Waals surface area contributed by atoms with Crippen molar-refractivity contribution in [3.63, 3.8) is 0 Å². The fourth-order valence-electron chi connectivity index (χ4n) is 2.05. The van der Waals surface area contributed by atoms with Crippen LogP contribution in [0.1, 0.15) is 0 Å². The van der Waals surface area contributed by atoms with Gasteiger partial charge in [-0.2, -0.15) is 0 Å². The Hall–Kier alpha value is -2.72. The van der Waals surface area contributed by atoms with Gasteiger partial charge < -0.3 is 5.43 Å². The first-order valence-corrected chi connectivity index (χ1v) is 6.33. The molecule has 0 bridgehead atoms. The molecule has 20 heavy (non-hydrogen) atoms. The van der Waals surface area contributed by atoms with E-state index in [1.165, 1.54) is 0 Å². The molecular formula is C16H14N4. The average Bonchev–Trinajstić information content (AvgIpc) is 2.56. The fourth-order valence-corrected chi connectivity index (χ4v) is 2.05. The van der Waals surface area contributed by atoms with Crippen molar-refractivity contribution in [1.82, 2.24) is 9.97 Å². The van der Waals surface area contributed by atoms with Gasteiger partial charge in [-0.15, -0.1) is 0 Å². The highest BCUT2D eigenvalue weighted by atomic mass is 15.3. The van der Waals surface area contributed by atoms with Crippen LogP contribution in [0.2, 0.25) is 0 Å². The number of hydrazine groups is 1. The molecule has 98 valence electrons. The molecule has 1 aromatic heterocycles. The Balaban J connectivity index is 2.07. The zero-order chi connectivity index (χ0) is 13.8. The third-order valence-electron chi connectivity index (χ3n) is 3.04. The van der Waals surface area contributed by atoms with Gasteiger partial charge in [0.15, 0.2) is 11.6 Å². The summed E-state index contributed by atoms with van der Waals surface area (Å²) in [5, 5.41) is 0. The van der Waals surface area contributed by atoms with Crippen molar-refractivity contribution < 1.29 is 0 Å². The molecule has 4 heteroatoms. The Morgan fingerprint density at radius 1 is 0.800 bits per heavy atom. The molecule has 0 saturated heterocycles. The monoisotopic (exact) mass is 262 g/mol. The van der Waals surface area contributed by atoms with E-state index in [0.29, 0.717) is 11.6 Å². The first-order valence-electron chi connectivity index (χ1n) is 6.33. The van der Waals surface area contributed by atoms with E-state index in [-0.39, 0.29) is 0 Å². The molecule has 0 aliphatic rings. The molecule has 0 aliphatic carbocycles. The molecule has 3 rings (SSSR count). The van der Waals surface area contributed by atoms with Crippen LogP contribution in [0.5, 0.6) is 0 Å². The van der Waals surface area contributed by atoms with Crippen LogP contribution >= 0.6 is 0 Å². The minimum atomic E-state index is 0.616. The summed E-state index contributed by atoms with van der Waals surface area (Å²) in [6.07, 6.45) is 1.79. The summed E-state index contributed by atoms with van der Waals surface area (Å²) in [6.45, 7) is 0. The molecule has 1 heterocycles. The number of aromatic nitrogens is 2. The lowest BCUT2D eigenvalue weighted by molar-refractivity contribution is 1.15. The normalized spacial score (nSPS) is 10.2. The van der Waals surface area contributed by atoms with E-state index >= 15 is 0 Å². The lowest BCUT2D eigenvalue weighted by Crippen LogP contribution is -2.11. The minimum absolute atomic E-state index is 0.616. The first-order chi connectivity index (χ1) is 9.88. The van der Waals surface area contributed by atoms with Crippen molar-refractivity contribution in [2.75, 3.05) is 5.43 Å². The molecule has 4 nitrogen and oxygen atoms in total. The molecule has 0 amide bonds. The van der Waals surface area contributed by atoms with Crippen molar-refractivity contribution in [1.29, 1.82) is 0 Å². The van der Waals surface area contributed by atoms with Crippen LogP contribution < -0.4 is 11.3 Å². The summed E-state index contributed by atoms with van der Waals surface area (Å²) in [7, 11) is 0. The summed E-state index contributed by atoms with van der Waals surface area (Å²) in [5.74, 6) is 6.86. The van der Waals surface area contributed by atoms with E-state index in [1.807, 2.05) is 60.7 Å². The lowest BCUT2D eigenvalue weighted by Gasteiger charge is -2.09. The molecule has 2 aromatic carbocycles. The second kappa shape index (κ2) is 5.50. The van der Waals surface area contributed by atoms with Gasteiger partial charge in [-0.3, -0.25) is 0 Å². The van der Waals surface area contributed by atoms with E-state index in [1.54, 1.807) is 6.20 Å². The largest absolute Gasteiger partial charge is 0.308 e. The predicted octanol–water partition coefficient (Wildman–Crippen LogP) is 3.10. The molecule has 3 N–H and O–H groups in total. The number of benzene rings is 2. The molecule has 0 unspecified atom stereocenters. The van der Waals surface area contributed by atoms with Crippen molar-refractivity contribution in [3.8, 4) is 22.5 Å². The molecule has 0 atom stereocenters. The third kappa shape index (κ3) is 2.37. The second-order valence-corrected chi connectivity index (χ2v) is 4.33. The summed E-state index contributed by atoms with van der Waals surface area (Å²) < 4.78 is 0. The number of nitrogens with zero attached hydrogens (tertiary/aromatic N) is 2. The van der Waals surface area contributed by atoms with Crippen LogP contribution in [-0.4, -0.2) is 9.97 Å². The van der Waals surface area contributed by atoms with Gasteiger partial charge in [0.25, 0.3) is 0 Å². The van der Waals surface area contributed by atoms with Gasteiger partial charge in [0, 0.05) is 17.3 Å². The van der Waals surface area contributed by atoms with Gasteiger partial charge in [0.2, 0.25) is 0 Å². The number of anilines is 1. The Morgan fingerprint density at radius 2 is 1.40 bits per heavy atom. The smallest absolute Gasteiger partial charge is 0.161 e. The summed E-state index contributed by atoms with van der Waals surface area (Å²) >= 11 is 0. The maximum atomic E-state index is 5.59. The number of nitrogen functional groups attached to an aromatic ring is 1. The number of hydrogen-bond acceptors (Lipinski definition) is 4. The summed E-state index contributed by atoms with van der Waals surface area (Å²) in [5.41, 5.74) is 5.52. The van der Waals surface area contributed by atoms with Gasteiger partial charge >= 0.3 is 0 Å². The van der Waals surface area contributed by atoms with Crippen LogP contribution in [0.4, 0.5) is 5.82 Å². The van der Waals surface area contributed by atoms with Crippen LogP contribution in [0.15, 0.2) is 66.9 Å². The number of rotatable bonds is 3. The highest BCUT2D eigenvalue weighted by Crippen LogP contribution is 2.27. The Bertz CT molecular complexity index is 696. The molecule has 0 radical (unpaired) electrons. The Kier molecular flexibility index (Phi) is 3.39. The highest BCUT2D eigenvalue weighted by Gasteiger charge is 2.09. The lowest BCUT2D eigenvalue weighted by atomic mass is 10.1. The fraction of sp³-hybridized carbons (Fsp3) is 0. The van der Waals surface area contributed by atoms with Gasteiger partial charge in [0.1, 0.15) is 0 Å². The maximum absolute atomic E-state index is 5.59. The van der Waals surface area contributed by atoms with Gasteiger partial charge in [-0.1, -0.05) is 60.7 Å². The van der Waals surface area contributed by atoms with E-state index < -0.39 is 0 Å². The zero-order valence-electron chi connectivity index (χ0n) is 10.8. The highest BCUT2D eigenvalue weighted by molar-refractivity contribution is 5.75. The number of nitrogens with two attached hydrogens (primary N) is 1. The Morgan fingerprint density at radius 3 is 2.00 bits per heavy atom. The van der Waals surface area contributed by atoms with Crippen LogP contribution in [0.25, 0.3) is 22.5 Å². The van der Waals surface area contributed by atoms with Crippen molar-refractivity contribution in [2.24, 2.45) is 5.84 Å². The van der Waals surface area contributed by atoms with Gasteiger partial charge in [0.05, 0.1) is 0 Å². The molecule has 0 saturated carbocycles. The first kappa shape index (κ1) is 12.3. The number of nitrogens with one attached hydrogen (secondary N) is 1. The zero-order valence-corrected chi connectivity index (χ0v) is 10.8. The maximum Gasteiger partial charge on any atom is 0.161 e. The quantitative estimate of drug-likeness (QED) is 0.562. The molecule has 3 aromatic rings. The van der Waals surface area contributed by atoms with Gasteiger partial charge in [-0.05, 0) is 5.56 Å². The third-order valence-corrected chi connectivity index (χ3v) is 3.04. The molecular weight excluding hydrogens is 248 g/mol.